The molecular weight excluding hydrogens is 202 g/mol. The minimum atomic E-state index is 0.0533. The predicted octanol–water partition coefficient (Wildman–Crippen LogP) is 0.680. The first kappa shape index (κ1) is 9.10. The van der Waals surface area contributed by atoms with Crippen molar-refractivity contribution in [3.05, 3.63) is 6.33 Å². The van der Waals surface area contributed by atoms with E-state index in [1.54, 1.807) is 6.33 Å². The van der Waals surface area contributed by atoms with Crippen LogP contribution in [0.3, 0.4) is 0 Å². The van der Waals surface area contributed by atoms with Crippen molar-refractivity contribution in [2.45, 2.75) is 49.6 Å². The Morgan fingerprint density at radius 2 is 1.94 bits per heavy atom. The van der Waals surface area contributed by atoms with Crippen LogP contribution in [0.4, 0.5) is 0 Å². The first-order valence-corrected chi connectivity index (χ1v) is 6.20. The lowest BCUT2D eigenvalue weighted by Crippen LogP contribution is -2.63. The molecular formula is C11H17N5. The summed E-state index contributed by atoms with van der Waals surface area (Å²) in [5.41, 5.74) is 6.67. The third-order valence-corrected chi connectivity index (χ3v) is 4.85. The Hall–Kier alpha value is -0.970. The largest absolute Gasteiger partial charge is 0.325 e. The molecule has 5 rings (SSSR count). The number of tetrazole rings is 1. The molecule has 4 bridgehead atoms. The van der Waals surface area contributed by atoms with Crippen LogP contribution in [0.5, 0.6) is 0 Å². The van der Waals surface area contributed by atoms with Gasteiger partial charge in [-0.3, -0.25) is 0 Å². The highest BCUT2D eigenvalue weighted by Crippen LogP contribution is 2.59. The van der Waals surface area contributed by atoms with E-state index in [2.05, 4.69) is 15.4 Å². The second kappa shape index (κ2) is 2.64. The molecule has 1 heterocycles. The van der Waals surface area contributed by atoms with Crippen LogP contribution in [-0.2, 0) is 5.54 Å². The van der Waals surface area contributed by atoms with Gasteiger partial charge in [-0.2, -0.15) is 4.80 Å². The highest BCUT2D eigenvalue weighted by molar-refractivity contribution is 5.11. The van der Waals surface area contributed by atoms with Crippen molar-refractivity contribution in [2.75, 3.05) is 0 Å². The lowest BCUT2D eigenvalue weighted by atomic mass is 9.50. The van der Waals surface area contributed by atoms with Crippen LogP contribution in [0.15, 0.2) is 6.33 Å². The van der Waals surface area contributed by atoms with E-state index in [4.69, 9.17) is 5.73 Å². The van der Waals surface area contributed by atoms with Crippen molar-refractivity contribution in [1.29, 1.82) is 0 Å². The lowest BCUT2D eigenvalue weighted by molar-refractivity contribution is -0.0708. The van der Waals surface area contributed by atoms with E-state index in [1.807, 2.05) is 4.80 Å². The summed E-state index contributed by atoms with van der Waals surface area (Å²) in [4.78, 5) is 1.85. The Morgan fingerprint density at radius 3 is 2.50 bits per heavy atom. The van der Waals surface area contributed by atoms with Crippen molar-refractivity contribution in [3.8, 4) is 0 Å². The van der Waals surface area contributed by atoms with E-state index in [0.29, 0.717) is 0 Å². The van der Waals surface area contributed by atoms with Gasteiger partial charge in [-0.05, 0) is 55.6 Å². The third-order valence-electron chi connectivity index (χ3n) is 4.85. The summed E-state index contributed by atoms with van der Waals surface area (Å²) in [6.45, 7) is 0. The molecule has 16 heavy (non-hydrogen) atoms. The fraction of sp³-hybridized carbons (Fsp3) is 0.909. The lowest BCUT2D eigenvalue weighted by Gasteiger charge is -2.59. The van der Waals surface area contributed by atoms with Gasteiger partial charge in [0.05, 0.1) is 5.54 Å². The molecule has 4 aliphatic rings. The van der Waals surface area contributed by atoms with Crippen molar-refractivity contribution < 1.29 is 0 Å². The smallest absolute Gasteiger partial charge is 0.162 e. The molecule has 2 unspecified atom stereocenters. The summed E-state index contributed by atoms with van der Waals surface area (Å²) >= 11 is 0. The van der Waals surface area contributed by atoms with E-state index in [9.17, 15) is 0 Å². The van der Waals surface area contributed by atoms with Gasteiger partial charge in [0, 0.05) is 5.54 Å². The van der Waals surface area contributed by atoms with Gasteiger partial charge in [-0.25, -0.2) is 0 Å². The first-order chi connectivity index (χ1) is 7.68. The van der Waals surface area contributed by atoms with Crippen LogP contribution in [-0.4, -0.2) is 25.7 Å². The quantitative estimate of drug-likeness (QED) is 0.754. The maximum absolute atomic E-state index is 6.52. The Morgan fingerprint density at radius 1 is 1.19 bits per heavy atom. The second-order valence-corrected chi connectivity index (χ2v) is 6.27. The third kappa shape index (κ3) is 1.07. The minimum Gasteiger partial charge on any atom is -0.325 e. The van der Waals surface area contributed by atoms with Gasteiger partial charge in [0.1, 0.15) is 0 Å². The molecule has 1 aromatic rings. The summed E-state index contributed by atoms with van der Waals surface area (Å²) in [6.07, 6.45) is 8.79. The molecule has 5 nitrogen and oxygen atoms in total. The van der Waals surface area contributed by atoms with E-state index >= 15 is 0 Å². The summed E-state index contributed by atoms with van der Waals surface area (Å²) in [7, 11) is 0. The minimum absolute atomic E-state index is 0.0533. The molecule has 0 aliphatic heterocycles. The van der Waals surface area contributed by atoms with Crippen LogP contribution in [0.2, 0.25) is 0 Å². The van der Waals surface area contributed by atoms with Crippen molar-refractivity contribution in [1.82, 2.24) is 20.2 Å². The molecule has 5 heteroatoms. The fourth-order valence-electron chi connectivity index (χ4n) is 4.90. The van der Waals surface area contributed by atoms with Crippen LogP contribution in [0.1, 0.15) is 38.5 Å². The van der Waals surface area contributed by atoms with Crippen molar-refractivity contribution in [2.24, 2.45) is 17.6 Å². The topological polar surface area (TPSA) is 69.6 Å². The van der Waals surface area contributed by atoms with Gasteiger partial charge in [0.15, 0.2) is 6.33 Å². The molecule has 0 spiro atoms. The van der Waals surface area contributed by atoms with Gasteiger partial charge in [-0.15, -0.1) is 10.2 Å². The molecule has 4 fully saturated rings. The number of nitrogens with zero attached hydrogens (tertiary/aromatic N) is 4. The summed E-state index contributed by atoms with van der Waals surface area (Å²) in [5.74, 6) is 1.58. The molecule has 4 saturated carbocycles. The monoisotopic (exact) mass is 219 g/mol. The van der Waals surface area contributed by atoms with Crippen LogP contribution >= 0.6 is 0 Å². The molecule has 2 N–H and O–H groups in total. The normalized spacial score (nSPS) is 49.8. The van der Waals surface area contributed by atoms with E-state index < -0.39 is 0 Å². The highest BCUT2D eigenvalue weighted by Gasteiger charge is 2.58. The molecule has 0 amide bonds. The molecule has 4 atom stereocenters. The Labute approximate surface area is 94.4 Å². The van der Waals surface area contributed by atoms with Gasteiger partial charge in [-0.1, -0.05) is 0 Å². The zero-order valence-corrected chi connectivity index (χ0v) is 9.34. The Bertz CT molecular complexity index is 398. The zero-order valence-electron chi connectivity index (χ0n) is 9.34. The highest BCUT2D eigenvalue weighted by atomic mass is 15.6. The number of aromatic nitrogens is 4. The van der Waals surface area contributed by atoms with E-state index in [1.165, 1.54) is 32.1 Å². The molecule has 86 valence electrons. The number of nitrogens with two attached hydrogens (primary N) is 1. The fourth-order valence-corrected chi connectivity index (χ4v) is 4.90. The van der Waals surface area contributed by atoms with Gasteiger partial charge in [0.2, 0.25) is 0 Å². The Balaban J connectivity index is 1.80. The molecule has 0 radical (unpaired) electrons. The maximum atomic E-state index is 6.52. The maximum Gasteiger partial charge on any atom is 0.162 e. The molecule has 0 aromatic carbocycles. The van der Waals surface area contributed by atoms with Crippen LogP contribution in [0.25, 0.3) is 0 Å². The standard InChI is InChI=1S/C11H17N5/c12-10-2-8-1-9(3-10)5-11(4-8,6-10)16-14-7-13-15-16/h7-9H,1-6,12H2/t8-,9+,10?,11?. The number of hydrogen-bond donors (Lipinski definition) is 1. The summed E-state index contributed by atoms with van der Waals surface area (Å²) < 4.78 is 0. The first-order valence-electron chi connectivity index (χ1n) is 6.20. The average molecular weight is 219 g/mol. The molecule has 4 aliphatic carbocycles. The van der Waals surface area contributed by atoms with Gasteiger partial charge in [0.25, 0.3) is 0 Å². The average Bonchev–Trinajstić information content (AvgIpc) is 2.65. The van der Waals surface area contributed by atoms with Crippen molar-refractivity contribution >= 4 is 0 Å². The molecule has 0 saturated heterocycles. The van der Waals surface area contributed by atoms with E-state index in [0.717, 1.165) is 18.3 Å². The van der Waals surface area contributed by atoms with Gasteiger partial charge < -0.3 is 5.73 Å². The summed E-state index contributed by atoms with van der Waals surface area (Å²) in [6, 6.07) is 0. The summed E-state index contributed by atoms with van der Waals surface area (Å²) in [5, 5.41) is 12.3. The Kier molecular flexibility index (Phi) is 1.50. The predicted molar refractivity (Wildman–Crippen MR) is 57.4 cm³/mol. The van der Waals surface area contributed by atoms with Crippen LogP contribution in [0, 0.1) is 11.8 Å². The zero-order chi connectivity index (χ0) is 10.8. The second-order valence-electron chi connectivity index (χ2n) is 6.27. The number of rotatable bonds is 1. The van der Waals surface area contributed by atoms with Crippen molar-refractivity contribution in [3.63, 3.8) is 0 Å². The molecule has 1 aromatic heterocycles. The van der Waals surface area contributed by atoms with Gasteiger partial charge >= 0.3 is 0 Å². The SMILES string of the molecule is NC12C[C@H]3C[C@@H](C1)CC(n1ncnn1)(C3)C2. The van der Waals surface area contributed by atoms with E-state index in [-0.39, 0.29) is 11.1 Å². The number of hydrogen-bond acceptors (Lipinski definition) is 4. The van der Waals surface area contributed by atoms with Crippen LogP contribution < -0.4 is 5.73 Å².